The van der Waals surface area contributed by atoms with Crippen LogP contribution in [0.5, 0.6) is 0 Å². The van der Waals surface area contributed by atoms with Crippen LogP contribution < -0.4 is 10.9 Å². The number of nitrogens with one attached hydrogen (secondary N) is 1. The zero-order valence-corrected chi connectivity index (χ0v) is 20.5. The molecule has 2 aliphatic rings. The average Bonchev–Trinajstić information content (AvgIpc) is 2.92. The average molecular weight is 462 g/mol. The number of hydrogen-bond acceptors (Lipinski definition) is 5. The van der Waals surface area contributed by atoms with Crippen LogP contribution in [0, 0.1) is 5.92 Å². The first-order valence-corrected chi connectivity index (χ1v) is 13.8. The summed E-state index contributed by atoms with van der Waals surface area (Å²) in [5.41, 5.74) is 1.33. The molecule has 0 spiro atoms. The van der Waals surface area contributed by atoms with E-state index in [-0.39, 0.29) is 11.5 Å². The summed E-state index contributed by atoms with van der Waals surface area (Å²) >= 11 is 3.11. The lowest BCUT2D eigenvalue weighted by molar-refractivity contribution is -0.119. The Hall–Kier alpha value is -1.34. The predicted octanol–water partition coefficient (Wildman–Crippen LogP) is 5.31. The van der Waals surface area contributed by atoms with E-state index in [1.807, 2.05) is 4.57 Å². The molecule has 0 saturated heterocycles. The first-order chi connectivity index (χ1) is 15.0. The standard InChI is InChI=1S/C24H35N3O2S2/c1-16(2)13-14-27-23(29)21-18-11-7-8-12-19(18)31-22(21)26-24(27)30-15-20(28)25-17-9-5-3-4-6-10-17/h16-17H,3-15H2,1-2H3,(H,25,28). The van der Waals surface area contributed by atoms with E-state index in [4.69, 9.17) is 4.98 Å². The number of carbonyl (C=O) groups is 1. The van der Waals surface area contributed by atoms with Gasteiger partial charge in [0, 0.05) is 17.5 Å². The number of thioether (sulfide) groups is 1. The van der Waals surface area contributed by atoms with Crippen molar-refractivity contribution < 1.29 is 4.79 Å². The van der Waals surface area contributed by atoms with Gasteiger partial charge in [0.2, 0.25) is 5.91 Å². The lowest BCUT2D eigenvalue weighted by Gasteiger charge is -2.17. The Morgan fingerprint density at radius 2 is 1.90 bits per heavy atom. The van der Waals surface area contributed by atoms with Gasteiger partial charge in [-0.2, -0.15) is 0 Å². The highest BCUT2D eigenvalue weighted by Crippen LogP contribution is 2.34. The molecule has 0 radical (unpaired) electrons. The molecule has 0 atom stereocenters. The van der Waals surface area contributed by atoms with Crippen LogP contribution in [0.2, 0.25) is 0 Å². The van der Waals surface area contributed by atoms with E-state index in [0.717, 1.165) is 48.7 Å². The Balaban J connectivity index is 1.55. The molecule has 1 saturated carbocycles. The molecule has 0 bridgehead atoms. The SMILES string of the molecule is CC(C)CCn1c(SCC(=O)NC2CCCCCC2)nc2sc3c(c2c1=O)CCCC3. The molecular weight excluding hydrogens is 426 g/mol. The highest BCUT2D eigenvalue weighted by molar-refractivity contribution is 7.99. The van der Waals surface area contributed by atoms with Crippen LogP contribution in [0.3, 0.4) is 0 Å². The summed E-state index contributed by atoms with van der Waals surface area (Å²) in [6.45, 7) is 5.02. The second-order valence-corrected chi connectivity index (χ2v) is 11.5. The fourth-order valence-electron chi connectivity index (χ4n) is 4.74. The smallest absolute Gasteiger partial charge is 0.263 e. The van der Waals surface area contributed by atoms with Gasteiger partial charge in [-0.25, -0.2) is 4.98 Å². The van der Waals surface area contributed by atoms with Gasteiger partial charge >= 0.3 is 0 Å². The third-order valence-electron chi connectivity index (χ3n) is 6.52. The number of hydrogen-bond donors (Lipinski definition) is 1. The van der Waals surface area contributed by atoms with Crippen molar-refractivity contribution in [2.45, 2.75) is 102 Å². The molecule has 0 unspecified atom stereocenters. The molecule has 4 rings (SSSR count). The van der Waals surface area contributed by atoms with Crippen LogP contribution in [-0.2, 0) is 24.2 Å². The second-order valence-electron chi connectivity index (χ2n) is 9.47. The summed E-state index contributed by atoms with van der Waals surface area (Å²) in [6.07, 6.45) is 12.5. The highest BCUT2D eigenvalue weighted by atomic mass is 32.2. The number of amides is 1. The molecular formula is C24H35N3O2S2. The molecule has 170 valence electrons. The number of aryl methyl sites for hydroxylation is 2. The van der Waals surface area contributed by atoms with Gasteiger partial charge in [0.1, 0.15) is 4.83 Å². The van der Waals surface area contributed by atoms with Gasteiger partial charge in [-0.05, 0) is 56.4 Å². The number of nitrogens with zero attached hydrogens (tertiary/aromatic N) is 2. The van der Waals surface area contributed by atoms with Gasteiger partial charge in [0.15, 0.2) is 5.16 Å². The highest BCUT2D eigenvalue weighted by Gasteiger charge is 2.23. The molecule has 2 aromatic heterocycles. The molecule has 31 heavy (non-hydrogen) atoms. The Labute approximate surface area is 193 Å². The molecule has 2 heterocycles. The van der Waals surface area contributed by atoms with Crippen LogP contribution in [0.15, 0.2) is 9.95 Å². The maximum absolute atomic E-state index is 13.5. The monoisotopic (exact) mass is 461 g/mol. The molecule has 1 fully saturated rings. The topological polar surface area (TPSA) is 64.0 Å². The van der Waals surface area contributed by atoms with E-state index < -0.39 is 0 Å². The minimum absolute atomic E-state index is 0.0622. The number of carbonyl (C=O) groups excluding carboxylic acids is 1. The lowest BCUT2D eigenvalue weighted by Crippen LogP contribution is -2.35. The van der Waals surface area contributed by atoms with Crippen molar-refractivity contribution in [3.05, 3.63) is 20.8 Å². The van der Waals surface area contributed by atoms with E-state index in [1.165, 1.54) is 54.3 Å². The van der Waals surface area contributed by atoms with Crippen LogP contribution in [0.25, 0.3) is 10.2 Å². The molecule has 5 nitrogen and oxygen atoms in total. The normalized spacial score (nSPS) is 17.6. The summed E-state index contributed by atoms with van der Waals surface area (Å²) < 4.78 is 1.84. The van der Waals surface area contributed by atoms with Gasteiger partial charge < -0.3 is 5.32 Å². The first-order valence-electron chi connectivity index (χ1n) is 12.0. The predicted molar refractivity (Wildman–Crippen MR) is 130 cm³/mol. The van der Waals surface area contributed by atoms with Gasteiger partial charge in [0.25, 0.3) is 5.56 Å². The van der Waals surface area contributed by atoms with Crippen molar-refractivity contribution in [2.24, 2.45) is 5.92 Å². The molecule has 7 heteroatoms. The molecule has 0 aliphatic heterocycles. The van der Waals surface area contributed by atoms with Gasteiger partial charge in [-0.15, -0.1) is 11.3 Å². The Morgan fingerprint density at radius 1 is 1.16 bits per heavy atom. The van der Waals surface area contributed by atoms with E-state index in [9.17, 15) is 9.59 Å². The van der Waals surface area contributed by atoms with Crippen molar-refractivity contribution in [1.29, 1.82) is 0 Å². The van der Waals surface area contributed by atoms with Crippen molar-refractivity contribution in [2.75, 3.05) is 5.75 Å². The molecule has 2 aliphatic carbocycles. The van der Waals surface area contributed by atoms with Crippen LogP contribution in [-0.4, -0.2) is 27.3 Å². The third-order valence-corrected chi connectivity index (χ3v) is 8.68. The summed E-state index contributed by atoms with van der Waals surface area (Å²) in [5, 5.41) is 4.76. The number of fused-ring (bicyclic) bond motifs is 3. The maximum Gasteiger partial charge on any atom is 0.263 e. The first kappa shape index (κ1) is 22.8. The van der Waals surface area contributed by atoms with Gasteiger partial charge in [-0.3, -0.25) is 14.2 Å². The quantitative estimate of drug-likeness (QED) is 0.345. The summed E-state index contributed by atoms with van der Waals surface area (Å²) in [4.78, 5) is 33.3. The zero-order chi connectivity index (χ0) is 21.8. The van der Waals surface area contributed by atoms with E-state index >= 15 is 0 Å². The number of rotatable bonds is 7. The maximum atomic E-state index is 13.5. The molecule has 2 aromatic rings. The van der Waals surface area contributed by atoms with Crippen molar-refractivity contribution in [3.8, 4) is 0 Å². The summed E-state index contributed by atoms with van der Waals surface area (Å²) in [6, 6.07) is 0.304. The minimum atomic E-state index is 0.0622. The fourth-order valence-corrected chi connectivity index (χ4v) is 6.88. The fraction of sp³-hybridized carbons (Fsp3) is 0.708. The molecule has 1 amide bonds. The third kappa shape index (κ3) is 5.54. The van der Waals surface area contributed by atoms with Gasteiger partial charge in [-0.1, -0.05) is 51.3 Å². The zero-order valence-electron chi connectivity index (χ0n) is 18.9. The summed E-state index contributed by atoms with van der Waals surface area (Å²) in [5.74, 6) is 0.892. The largest absolute Gasteiger partial charge is 0.353 e. The number of aromatic nitrogens is 2. The Bertz CT molecular complexity index is 971. The Morgan fingerprint density at radius 3 is 2.65 bits per heavy atom. The minimum Gasteiger partial charge on any atom is -0.353 e. The molecule has 0 aromatic carbocycles. The summed E-state index contributed by atoms with van der Waals surface area (Å²) in [7, 11) is 0. The molecule has 1 N–H and O–H groups in total. The Kier molecular flexibility index (Phi) is 7.75. The van der Waals surface area contributed by atoms with E-state index in [0.29, 0.717) is 29.4 Å². The van der Waals surface area contributed by atoms with E-state index in [2.05, 4.69) is 19.2 Å². The van der Waals surface area contributed by atoms with Crippen LogP contribution in [0.1, 0.15) is 82.1 Å². The van der Waals surface area contributed by atoms with Crippen molar-refractivity contribution in [3.63, 3.8) is 0 Å². The van der Waals surface area contributed by atoms with Crippen molar-refractivity contribution >= 4 is 39.2 Å². The number of thiophene rings is 1. The lowest BCUT2D eigenvalue weighted by atomic mass is 9.97. The van der Waals surface area contributed by atoms with Crippen LogP contribution >= 0.6 is 23.1 Å². The second kappa shape index (κ2) is 10.5. The van der Waals surface area contributed by atoms with E-state index in [1.54, 1.807) is 11.3 Å². The van der Waals surface area contributed by atoms with Gasteiger partial charge in [0.05, 0.1) is 11.1 Å². The van der Waals surface area contributed by atoms with Crippen molar-refractivity contribution in [1.82, 2.24) is 14.9 Å². The van der Waals surface area contributed by atoms with Crippen LogP contribution in [0.4, 0.5) is 0 Å².